The van der Waals surface area contributed by atoms with E-state index < -0.39 is 11.6 Å². The van der Waals surface area contributed by atoms with Crippen LogP contribution in [0.5, 0.6) is 0 Å². The summed E-state index contributed by atoms with van der Waals surface area (Å²) in [5, 5.41) is 0. The minimum absolute atomic E-state index is 0.0287. The Hall–Kier alpha value is -1.94. The van der Waals surface area contributed by atoms with Gasteiger partial charge in [-0.15, -0.1) is 0 Å². The molecule has 0 spiro atoms. The molecule has 0 aliphatic carbocycles. The molecule has 0 aliphatic rings. The molecule has 20 heavy (non-hydrogen) atoms. The molecule has 106 valence electrons. The summed E-state index contributed by atoms with van der Waals surface area (Å²) in [6.07, 6.45) is 0. The first-order valence-electron chi connectivity index (χ1n) is 6.59. The molecule has 0 fully saturated rings. The van der Waals surface area contributed by atoms with Gasteiger partial charge in [0.05, 0.1) is 0 Å². The zero-order chi connectivity index (χ0) is 14.7. The number of nitrogens with zero attached hydrogens (tertiary/aromatic N) is 1. The van der Waals surface area contributed by atoms with Crippen LogP contribution in [0.1, 0.15) is 18.1 Å². The van der Waals surface area contributed by atoms with E-state index >= 15 is 0 Å². The third-order valence-electron chi connectivity index (χ3n) is 3.30. The lowest BCUT2D eigenvalue weighted by Crippen LogP contribution is -2.20. The van der Waals surface area contributed by atoms with Crippen LogP contribution >= 0.6 is 0 Å². The predicted octanol–water partition coefficient (Wildman–Crippen LogP) is 3.89. The first-order chi connectivity index (χ1) is 9.58. The van der Waals surface area contributed by atoms with E-state index in [9.17, 15) is 8.78 Å². The van der Waals surface area contributed by atoms with Gasteiger partial charge >= 0.3 is 0 Å². The van der Waals surface area contributed by atoms with Crippen molar-refractivity contribution in [2.45, 2.75) is 20.4 Å². The zero-order valence-corrected chi connectivity index (χ0v) is 11.7. The minimum Gasteiger partial charge on any atom is -0.337 e. The molecule has 2 nitrogen and oxygen atoms in total. The topological polar surface area (TPSA) is 29.3 Å². The number of benzene rings is 2. The van der Waals surface area contributed by atoms with Crippen molar-refractivity contribution in [1.29, 1.82) is 0 Å². The second kappa shape index (κ2) is 6.01. The first kappa shape index (κ1) is 14.5. The normalized spacial score (nSPS) is 10.7. The maximum Gasteiger partial charge on any atom is 0.150 e. The average molecular weight is 276 g/mol. The van der Waals surface area contributed by atoms with Crippen molar-refractivity contribution in [3.05, 3.63) is 59.2 Å². The highest BCUT2D eigenvalue weighted by molar-refractivity contribution is 5.67. The Morgan fingerprint density at radius 3 is 2.20 bits per heavy atom. The van der Waals surface area contributed by atoms with Gasteiger partial charge in [-0.2, -0.15) is 0 Å². The second-order valence-corrected chi connectivity index (χ2v) is 4.64. The van der Waals surface area contributed by atoms with Crippen molar-refractivity contribution in [2.75, 3.05) is 11.4 Å². The lowest BCUT2D eigenvalue weighted by Gasteiger charge is -2.26. The summed E-state index contributed by atoms with van der Waals surface area (Å²) >= 11 is 0. The zero-order valence-electron chi connectivity index (χ0n) is 11.7. The fourth-order valence-electron chi connectivity index (χ4n) is 2.31. The molecular formula is C16H18F2N2. The van der Waals surface area contributed by atoms with Gasteiger partial charge in [-0.1, -0.05) is 18.2 Å². The molecule has 0 aliphatic heterocycles. The summed E-state index contributed by atoms with van der Waals surface area (Å²) in [5.74, 6) is -1.17. The van der Waals surface area contributed by atoms with Crippen LogP contribution in [0.2, 0.25) is 0 Å². The third kappa shape index (κ3) is 2.65. The molecule has 4 heteroatoms. The fraction of sp³-hybridized carbons (Fsp3) is 0.250. The number of hydrogen-bond donors (Lipinski definition) is 1. The Kier molecular flexibility index (Phi) is 4.35. The van der Waals surface area contributed by atoms with Gasteiger partial charge in [-0.25, -0.2) is 8.78 Å². The van der Waals surface area contributed by atoms with Crippen LogP contribution in [-0.2, 0) is 6.54 Å². The number of halogens is 2. The van der Waals surface area contributed by atoms with Crippen molar-refractivity contribution in [3.63, 3.8) is 0 Å². The summed E-state index contributed by atoms with van der Waals surface area (Å²) in [6.45, 7) is 4.37. The van der Waals surface area contributed by atoms with Gasteiger partial charge in [0.25, 0.3) is 0 Å². The van der Waals surface area contributed by atoms with Crippen molar-refractivity contribution < 1.29 is 8.78 Å². The van der Waals surface area contributed by atoms with E-state index in [4.69, 9.17) is 5.73 Å². The van der Waals surface area contributed by atoms with Crippen LogP contribution in [0.25, 0.3) is 0 Å². The maximum atomic E-state index is 14.2. The lowest BCUT2D eigenvalue weighted by molar-refractivity contribution is 0.577. The van der Waals surface area contributed by atoms with Crippen molar-refractivity contribution in [3.8, 4) is 0 Å². The summed E-state index contributed by atoms with van der Waals surface area (Å²) in [5.41, 5.74) is 7.62. The number of para-hydroxylation sites is 1. The van der Waals surface area contributed by atoms with Gasteiger partial charge in [0.2, 0.25) is 0 Å². The molecule has 2 aromatic carbocycles. The second-order valence-electron chi connectivity index (χ2n) is 4.64. The lowest BCUT2D eigenvalue weighted by atomic mass is 10.1. The molecule has 0 atom stereocenters. The van der Waals surface area contributed by atoms with Crippen LogP contribution in [-0.4, -0.2) is 6.54 Å². The molecule has 0 bridgehead atoms. The molecule has 0 unspecified atom stereocenters. The highest BCUT2D eigenvalue weighted by atomic mass is 19.1. The molecule has 2 aromatic rings. The maximum absolute atomic E-state index is 14.2. The minimum atomic E-state index is -0.587. The SMILES string of the molecule is CCN(c1ccccc1C)c1c(F)cc(CN)cc1F. The van der Waals surface area contributed by atoms with Crippen molar-refractivity contribution in [1.82, 2.24) is 0 Å². The molecule has 0 amide bonds. The van der Waals surface area contributed by atoms with E-state index in [1.54, 1.807) is 4.90 Å². The van der Waals surface area contributed by atoms with Crippen LogP contribution in [0.3, 0.4) is 0 Å². The quantitative estimate of drug-likeness (QED) is 0.918. The van der Waals surface area contributed by atoms with Gasteiger partial charge in [0.15, 0.2) is 0 Å². The van der Waals surface area contributed by atoms with E-state index in [1.165, 1.54) is 12.1 Å². The highest BCUT2D eigenvalue weighted by Gasteiger charge is 2.19. The van der Waals surface area contributed by atoms with E-state index in [0.717, 1.165) is 11.3 Å². The number of nitrogens with two attached hydrogens (primary N) is 1. The van der Waals surface area contributed by atoms with E-state index in [0.29, 0.717) is 12.1 Å². The first-order valence-corrected chi connectivity index (χ1v) is 6.59. The largest absolute Gasteiger partial charge is 0.337 e. The van der Waals surface area contributed by atoms with Gasteiger partial charge in [-0.3, -0.25) is 0 Å². The fourth-order valence-corrected chi connectivity index (χ4v) is 2.31. The number of rotatable bonds is 4. The van der Waals surface area contributed by atoms with Crippen LogP contribution in [0.15, 0.2) is 36.4 Å². The molecule has 0 aromatic heterocycles. The number of hydrogen-bond acceptors (Lipinski definition) is 2. The van der Waals surface area contributed by atoms with E-state index in [-0.39, 0.29) is 12.2 Å². The predicted molar refractivity (Wildman–Crippen MR) is 78.1 cm³/mol. The average Bonchev–Trinajstić information content (AvgIpc) is 2.43. The van der Waals surface area contributed by atoms with E-state index in [1.807, 2.05) is 38.1 Å². The van der Waals surface area contributed by atoms with Crippen LogP contribution < -0.4 is 10.6 Å². The van der Waals surface area contributed by atoms with Crippen LogP contribution in [0, 0.1) is 18.6 Å². The van der Waals surface area contributed by atoms with Crippen molar-refractivity contribution in [2.24, 2.45) is 5.73 Å². The Labute approximate surface area is 117 Å². The Balaban J connectivity index is 2.56. The van der Waals surface area contributed by atoms with Crippen LogP contribution in [0.4, 0.5) is 20.2 Å². The molecule has 0 heterocycles. The molecule has 0 saturated heterocycles. The highest BCUT2D eigenvalue weighted by Crippen LogP contribution is 2.32. The van der Waals surface area contributed by atoms with Gasteiger partial charge < -0.3 is 10.6 Å². The Morgan fingerprint density at radius 2 is 1.70 bits per heavy atom. The Bertz CT molecular complexity index is 588. The summed E-state index contributed by atoms with van der Waals surface area (Å²) < 4.78 is 28.4. The molecule has 0 radical (unpaired) electrons. The van der Waals surface area contributed by atoms with Gasteiger partial charge in [0, 0.05) is 18.8 Å². The molecule has 0 saturated carbocycles. The van der Waals surface area contributed by atoms with Gasteiger partial charge in [-0.05, 0) is 43.2 Å². The molecule has 2 N–H and O–H groups in total. The van der Waals surface area contributed by atoms with Crippen molar-refractivity contribution >= 4 is 11.4 Å². The standard InChI is InChI=1S/C16H18F2N2/c1-3-20(15-7-5-4-6-11(15)2)16-13(17)8-12(10-19)9-14(16)18/h4-9H,3,10,19H2,1-2H3. The Morgan fingerprint density at radius 1 is 1.10 bits per heavy atom. The van der Waals surface area contributed by atoms with Gasteiger partial charge in [0.1, 0.15) is 17.3 Å². The van der Waals surface area contributed by atoms with E-state index in [2.05, 4.69) is 0 Å². The third-order valence-corrected chi connectivity index (χ3v) is 3.30. The number of anilines is 2. The summed E-state index contributed by atoms with van der Waals surface area (Å²) in [6, 6.07) is 10.1. The smallest absolute Gasteiger partial charge is 0.150 e. The molecular weight excluding hydrogens is 258 g/mol. The summed E-state index contributed by atoms with van der Waals surface area (Å²) in [4.78, 5) is 1.64. The number of aryl methyl sites for hydroxylation is 1. The summed E-state index contributed by atoms with van der Waals surface area (Å²) in [7, 11) is 0. The molecule has 2 rings (SSSR count). The monoisotopic (exact) mass is 276 g/mol.